The molecule has 0 aliphatic heterocycles. The average molecular weight is 301 g/mol. The Balaban J connectivity index is 4.72. The Kier molecular flexibility index (Phi) is 5.80. The van der Waals surface area contributed by atoms with Gasteiger partial charge in [0.2, 0.25) is 0 Å². The zero-order chi connectivity index (χ0) is 12.3. The number of hydrogen-bond acceptors (Lipinski definition) is 3. The van der Waals surface area contributed by atoms with Crippen LogP contribution < -0.4 is 0 Å². The van der Waals surface area contributed by atoms with Crippen LogP contribution in [0.25, 0.3) is 0 Å². The second-order valence-electron chi connectivity index (χ2n) is 2.76. The molecule has 0 aromatic heterocycles. The van der Waals surface area contributed by atoms with E-state index in [9.17, 15) is 14.0 Å². The van der Waals surface area contributed by atoms with Crippen molar-refractivity contribution < 1.29 is 28.3 Å². The summed E-state index contributed by atoms with van der Waals surface area (Å²) in [4.78, 5) is 26.5. The Bertz CT molecular complexity index is 300. The summed E-state index contributed by atoms with van der Waals surface area (Å²) < 4.78 is 23.4. The minimum atomic E-state index is -5.15. The zero-order valence-electron chi connectivity index (χ0n) is 7.84. The first-order valence-corrected chi connectivity index (χ1v) is 7.91. The SMILES string of the molecule is CCCCOP(=O)(O)C(Cl)(Cl)P(=O)(O)O. The third-order valence-corrected chi connectivity index (χ3v) is 7.51. The van der Waals surface area contributed by atoms with E-state index < -0.39 is 19.0 Å². The molecule has 1 atom stereocenters. The Morgan fingerprint density at radius 3 is 2.07 bits per heavy atom. The van der Waals surface area contributed by atoms with Gasteiger partial charge in [0.25, 0.3) is 0 Å². The minimum absolute atomic E-state index is 0.147. The third-order valence-electron chi connectivity index (χ3n) is 1.45. The van der Waals surface area contributed by atoms with Crippen LogP contribution >= 0.6 is 38.4 Å². The molecule has 0 aliphatic carbocycles. The quantitative estimate of drug-likeness (QED) is 0.395. The van der Waals surface area contributed by atoms with Gasteiger partial charge in [-0.1, -0.05) is 36.5 Å². The normalized spacial score (nSPS) is 17.5. The molecule has 0 aromatic rings. The molecule has 10 heteroatoms. The highest BCUT2D eigenvalue weighted by atomic mass is 35.5. The lowest BCUT2D eigenvalue weighted by atomic mass is 10.4. The fraction of sp³-hybridized carbons (Fsp3) is 1.00. The maximum Gasteiger partial charge on any atom is 0.376 e. The van der Waals surface area contributed by atoms with Gasteiger partial charge in [-0.2, -0.15) is 0 Å². The first-order chi connectivity index (χ1) is 6.56. The second-order valence-corrected chi connectivity index (χ2v) is 9.22. The minimum Gasteiger partial charge on any atom is -0.322 e. The van der Waals surface area contributed by atoms with Crippen LogP contribution in [0.15, 0.2) is 0 Å². The largest absolute Gasteiger partial charge is 0.376 e. The van der Waals surface area contributed by atoms with Gasteiger partial charge < -0.3 is 19.2 Å². The highest BCUT2D eigenvalue weighted by Gasteiger charge is 2.59. The molecule has 0 rings (SSSR count). The van der Waals surface area contributed by atoms with Crippen LogP contribution in [-0.2, 0) is 13.7 Å². The lowest BCUT2D eigenvalue weighted by Gasteiger charge is -2.25. The summed E-state index contributed by atoms with van der Waals surface area (Å²) in [5.41, 5.74) is 0. The van der Waals surface area contributed by atoms with E-state index in [4.69, 9.17) is 33.0 Å². The molecule has 0 saturated carbocycles. The molecule has 0 heterocycles. The lowest BCUT2D eigenvalue weighted by Crippen LogP contribution is -2.16. The summed E-state index contributed by atoms with van der Waals surface area (Å²) in [7, 11) is -9.93. The van der Waals surface area contributed by atoms with Crippen LogP contribution in [0.4, 0.5) is 0 Å². The summed E-state index contributed by atoms with van der Waals surface area (Å²) >= 11 is 10.3. The number of hydrogen-bond donors (Lipinski definition) is 3. The van der Waals surface area contributed by atoms with Crippen molar-refractivity contribution in [3.8, 4) is 0 Å². The van der Waals surface area contributed by atoms with E-state index in [-0.39, 0.29) is 6.61 Å². The smallest absolute Gasteiger partial charge is 0.322 e. The van der Waals surface area contributed by atoms with Crippen molar-refractivity contribution in [3.05, 3.63) is 0 Å². The monoisotopic (exact) mass is 300 g/mol. The molecule has 0 spiro atoms. The van der Waals surface area contributed by atoms with Crippen molar-refractivity contribution in [1.82, 2.24) is 0 Å². The predicted octanol–water partition coefficient (Wildman–Crippen LogP) is 2.26. The maximum absolute atomic E-state index is 11.3. The van der Waals surface area contributed by atoms with E-state index in [1.807, 2.05) is 6.92 Å². The van der Waals surface area contributed by atoms with Crippen molar-refractivity contribution in [3.63, 3.8) is 0 Å². The molecule has 6 nitrogen and oxygen atoms in total. The van der Waals surface area contributed by atoms with E-state index >= 15 is 0 Å². The molecule has 0 aromatic carbocycles. The summed E-state index contributed by atoms with van der Waals surface area (Å²) in [5.74, 6) is 0. The third kappa shape index (κ3) is 3.99. The standard InChI is InChI=1S/C5H12Cl2O6P2/c1-2-3-4-13-15(11,12)5(6,7)14(8,9)10/h2-4H2,1H3,(H,11,12)(H2,8,9,10). The van der Waals surface area contributed by atoms with Crippen molar-refractivity contribution >= 4 is 38.4 Å². The Morgan fingerprint density at radius 2 is 1.73 bits per heavy atom. The van der Waals surface area contributed by atoms with Gasteiger partial charge in [-0.05, 0) is 6.42 Å². The van der Waals surface area contributed by atoms with Gasteiger partial charge in [0.1, 0.15) is 0 Å². The van der Waals surface area contributed by atoms with E-state index in [1.165, 1.54) is 0 Å². The van der Waals surface area contributed by atoms with Crippen LogP contribution in [0.2, 0.25) is 0 Å². The molecular formula is C5H12Cl2O6P2. The van der Waals surface area contributed by atoms with E-state index in [1.54, 1.807) is 0 Å². The van der Waals surface area contributed by atoms with Gasteiger partial charge in [0.05, 0.1) is 6.61 Å². The average Bonchev–Trinajstić information content (AvgIpc) is 2.02. The zero-order valence-corrected chi connectivity index (χ0v) is 11.1. The summed E-state index contributed by atoms with van der Waals surface area (Å²) in [6.07, 6.45) is 1.14. The predicted molar refractivity (Wildman–Crippen MR) is 57.2 cm³/mol. The van der Waals surface area contributed by atoms with Gasteiger partial charge in [-0.3, -0.25) is 9.13 Å². The maximum atomic E-state index is 11.3. The molecule has 0 saturated heterocycles. The molecule has 15 heavy (non-hydrogen) atoms. The van der Waals surface area contributed by atoms with Crippen molar-refractivity contribution in [2.45, 2.75) is 23.6 Å². The highest BCUT2D eigenvalue weighted by molar-refractivity contribution is 7.78. The Labute approximate surface area is 97.2 Å². The summed E-state index contributed by atoms with van der Waals surface area (Å²) in [6, 6.07) is 0. The van der Waals surface area contributed by atoms with Gasteiger partial charge in [-0.15, -0.1) is 0 Å². The van der Waals surface area contributed by atoms with Crippen LogP contribution in [0.1, 0.15) is 19.8 Å². The van der Waals surface area contributed by atoms with Gasteiger partial charge in [0, 0.05) is 0 Å². The van der Waals surface area contributed by atoms with Crippen LogP contribution in [0, 0.1) is 0 Å². The molecule has 0 fully saturated rings. The Hall–Kier alpha value is 0.880. The van der Waals surface area contributed by atoms with E-state index in [0.29, 0.717) is 12.8 Å². The first kappa shape index (κ1) is 15.9. The van der Waals surface area contributed by atoms with Gasteiger partial charge >= 0.3 is 19.0 Å². The molecule has 0 bridgehead atoms. The topological polar surface area (TPSA) is 104 Å². The molecule has 0 amide bonds. The van der Waals surface area contributed by atoms with Gasteiger partial charge in [-0.25, -0.2) is 0 Å². The fourth-order valence-electron chi connectivity index (χ4n) is 0.575. The van der Waals surface area contributed by atoms with Crippen molar-refractivity contribution in [2.75, 3.05) is 6.61 Å². The molecule has 0 radical (unpaired) electrons. The molecule has 1 unspecified atom stereocenters. The van der Waals surface area contributed by atoms with Crippen LogP contribution in [0.3, 0.4) is 0 Å². The highest BCUT2D eigenvalue weighted by Crippen LogP contribution is 2.75. The Morgan fingerprint density at radius 1 is 1.27 bits per heavy atom. The fourth-order valence-corrected chi connectivity index (χ4v) is 2.89. The number of unbranched alkanes of at least 4 members (excludes halogenated alkanes) is 1. The molecule has 92 valence electrons. The lowest BCUT2D eigenvalue weighted by molar-refractivity contribution is 0.251. The van der Waals surface area contributed by atoms with Crippen LogP contribution in [0.5, 0.6) is 0 Å². The van der Waals surface area contributed by atoms with Crippen molar-refractivity contribution in [2.24, 2.45) is 0 Å². The van der Waals surface area contributed by atoms with E-state index in [0.717, 1.165) is 0 Å². The first-order valence-electron chi connectivity index (χ1n) is 3.97. The van der Waals surface area contributed by atoms with Crippen molar-refractivity contribution in [1.29, 1.82) is 0 Å². The number of halogens is 2. The molecule has 3 N–H and O–H groups in total. The summed E-state index contributed by atoms with van der Waals surface area (Å²) in [6.45, 7) is 1.66. The number of rotatable bonds is 6. The number of alkyl halides is 2. The van der Waals surface area contributed by atoms with E-state index in [2.05, 4.69) is 4.52 Å². The van der Waals surface area contributed by atoms with Crippen LogP contribution in [-0.4, -0.2) is 25.1 Å². The second kappa shape index (κ2) is 5.48. The molecular weight excluding hydrogens is 289 g/mol. The summed E-state index contributed by atoms with van der Waals surface area (Å²) in [5, 5.41) is 0. The van der Waals surface area contributed by atoms with Gasteiger partial charge in [0.15, 0.2) is 0 Å². The molecule has 0 aliphatic rings.